The standard InChI is InChI=1S/C14H20N2O2S/c1-10-5-4-8-16(10)14(17)15-12-7-6-11(19-3)9-13(12)18-2/h6-7,9-10H,4-5,8H2,1-3H3,(H,15,17)/t10-/m0/s1. The second kappa shape index (κ2) is 6.19. The number of rotatable bonds is 3. The Morgan fingerprint density at radius 3 is 2.89 bits per heavy atom. The van der Waals surface area contributed by atoms with Crippen LogP contribution in [0.4, 0.5) is 10.5 Å². The summed E-state index contributed by atoms with van der Waals surface area (Å²) in [5.41, 5.74) is 0.726. The van der Waals surface area contributed by atoms with E-state index in [1.807, 2.05) is 29.4 Å². The number of urea groups is 1. The van der Waals surface area contributed by atoms with Gasteiger partial charge in [-0.25, -0.2) is 4.79 Å². The Bertz CT molecular complexity index is 465. The number of nitrogens with one attached hydrogen (secondary N) is 1. The Balaban J connectivity index is 2.12. The zero-order valence-corrected chi connectivity index (χ0v) is 12.4. The lowest BCUT2D eigenvalue weighted by atomic mass is 10.2. The van der Waals surface area contributed by atoms with Gasteiger partial charge in [-0.2, -0.15) is 0 Å². The van der Waals surface area contributed by atoms with Crippen LogP contribution in [0.1, 0.15) is 19.8 Å². The van der Waals surface area contributed by atoms with Gasteiger partial charge in [0.15, 0.2) is 0 Å². The van der Waals surface area contributed by atoms with Crippen molar-refractivity contribution in [3.05, 3.63) is 18.2 Å². The number of methoxy groups -OCH3 is 1. The Labute approximate surface area is 118 Å². The molecule has 2 amide bonds. The van der Waals surface area contributed by atoms with E-state index in [1.54, 1.807) is 18.9 Å². The predicted octanol–water partition coefficient (Wildman–Crippen LogP) is 3.43. The lowest BCUT2D eigenvalue weighted by molar-refractivity contribution is 0.210. The zero-order valence-electron chi connectivity index (χ0n) is 11.6. The van der Waals surface area contributed by atoms with Crippen molar-refractivity contribution in [3.63, 3.8) is 0 Å². The highest BCUT2D eigenvalue weighted by Gasteiger charge is 2.25. The molecule has 0 bridgehead atoms. The fourth-order valence-electron chi connectivity index (χ4n) is 2.32. The predicted molar refractivity (Wildman–Crippen MR) is 79.2 cm³/mol. The van der Waals surface area contributed by atoms with Gasteiger partial charge in [0, 0.05) is 17.5 Å². The number of amides is 2. The highest BCUT2D eigenvalue weighted by molar-refractivity contribution is 7.98. The summed E-state index contributed by atoms with van der Waals surface area (Å²) in [6, 6.07) is 6.09. The third kappa shape index (κ3) is 3.15. The van der Waals surface area contributed by atoms with Gasteiger partial charge >= 0.3 is 6.03 Å². The van der Waals surface area contributed by atoms with Gasteiger partial charge in [0.25, 0.3) is 0 Å². The van der Waals surface area contributed by atoms with E-state index in [4.69, 9.17) is 4.74 Å². The lowest BCUT2D eigenvalue weighted by Crippen LogP contribution is -2.37. The molecule has 5 heteroatoms. The molecule has 1 aliphatic rings. The maximum Gasteiger partial charge on any atom is 0.322 e. The van der Waals surface area contributed by atoms with Crippen LogP contribution in [-0.2, 0) is 0 Å². The third-order valence-electron chi connectivity index (χ3n) is 3.46. The smallest absolute Gasteiger partial charge is 0.322 e. The van der Waals surface area contributed by atoms with Gasteiger partial charge < -0.3 is 15.0 Å². The number of hydrogen-bond acceptors (Lipinski definition) is 3. The minimum atomic E-state index is -0.0415. The molecule has 2 rings (SSSR count). The third-order valence-corrected chi connectivity index (χ3v) is 4.19. The summed E-state index contributed by atoms with van der Waals surface area (Å²) >= 11 is 1.65. The normalized spacial score (nSPS) is 18.5. The molecule has 1 fully saturated rings. The first kappa shape index (κ1) is 14.1. The average Bonchev–Trinajstić information content (AvgIpc) is 2.85. The van der Waals surface area contributed by atoms with Crippen LogP contribution in [0.25, 0.3) is 0 Å². The van der Waals surface area contributed by atoms with Gasteiger partial charge in [0.2, 0.25) is 0 Å². The molecule has 0 radical (unpaired) electrons. The van der Waals surface area contributed by atoms with Gasteiger partial charge in [-0.05, 0) is 44.2 Å². The molecule has 0 unspecified atom stereocenters. The maximum atomic E-state index is 12.2. The summed E-state index contributed by atoms with van der Waals surface area (Å²) in [5, 5.41) is 2.94. The Kier molecular flexibility index (Phi) is 4.58. The fourth-order valence-corrected chi connectivity index (χ4v) is 2.75. The largest absolute Gasteiger partial charge is 0.495 e. The maximum absolute atomic E-state index is 12.2. The average molecular weight is 280 g/mol. The Hall–Kier alpha value is -1.36. The van der Waals surface area contributed by atoms with Gasteiger partial charge in [-0.15, -0.1) is 11.8 Å². The van der Waals surface area contributed by atoms with E-state index in [0.717, 1.165) is 30.0 Å². The summed E-state index contributed by atoms with van der Waals surface area (Å²) in [6.07, 6.45) is 4.17. The second-order valence-corrected chi connectivity index (χ2v) is 5.56. The molecule has 1 atom stereocenters. The minimum Gasteiger partial charge on any atom is -0.495 e. The highest BCUT2D eigenvalue weighted by Crippen LogP contribution is 2.30. The van der Waals surface area contributed by atoms with Gasteiger partial charge in [0.05, 0.1) is 12.8 Å². The fraction of sp³-hybridized carbons (Fsp3) is 0.500. The van der Waals surface area contributed by atoms with Gasteiger partial charge in [0.1, 0.15) is 5.75 Å². The number of carbonyl (C=O) groups is 1. The molecule has 4 nitrogen and oxygen atoms in total. The summed E-state index contributed by atoms with van der Waals surface area (Å²) in [5.74, 6) is 0.701. The number of anilines is 1. The molecule has 1 N–H and O–H groups in total. The van der Waals surface area contributed by atoms with E-state index >= 15 is 0 Å². The number of likely N-dealkylation sites (tertiary alicyclic amines) is 1. The van der Waals surface area contributed by atoms with Crippen molar-refractivity contribution >= 4 is 23.5 Å². The molecule has 1 heterocycles. The molecule has 19 heavy (non-hydrogen) atoms. The monoisotopic (exact) mass is 280 g/mol. The van der Waals surface area contributed by atoms with E-state index in [2.05, 4.69) is 12.2 Å². The SMILES string of the molecule is COc1cc(SC)ccc1NC(=O)N1CCC[C@@H]1C. The molecule has 0 spiro atoms. The number of carbonyl (C=O) groups excluding carboxylic acids is 1. The molecule has 0 saturated carbocycles. The van der Waals surface area contributed by atoms with Gasteiger partial charge in [-0.3, -0.25) is 0 Å². The summed E-state index contributed by atoms with van der Waals surface area (Å²) in [7, 11) is 1.62. The van der Waals surface area contributed by atoms with E-state index in [-0.39, 0.29) is 6.03 Å². The molecule has 0 aromatic heterocycles. The summed E-state index contributed by atoms with van der Waals surface area (Å²) in [6.45, 7) is 2.92. The van der Waals surface area contributed by atoms with Crippen molar-refractivity contribution in [2.75, 3.05) is 25.2 Å². The van der Waals surface area contributed by atoms with Crippen LogP contribution in [-0.4, -0.2) is 36.9 Å². The number of benzene rings is 1. The van der Waals surface area contributed by atoms with E-state index in [0.29, 0.717) is 11.8 Å². The quantitative estimate of drug-likeness (QED) is 0.862. The molecular weight excluding hydrogens is 260 g/mol. The van der Waals surface area contributed by atoms with Crippen LogP contribution in [0.3, 0.4) is 0 Å². The molecule has 104 valence electrons. The van der Waals surface area contributed by atoms with Crippen molar-refractivity contribution in [3.8, 4) is 5.75 Å². The van der Waals surface area contributed by atoms with Crippen molar-refractivity contribution in [1.29, 1.82) is 0 Å². The summed E-state index contributed by atoms with van der Waals surface area (Å²) in [4.78, 5) is 15.2. The van der Waals surface area contributed by atoms with Crippen LogP contribution in [0.5, 0.6) is 5.75 Å². The van der Waals surface area contributed by atoms with Crippen molar-refractivity contribution < 1.29 is 9.53 Å². The van der Waals surface area contributed by atoms with Crippen LogP contribution in [0.15, 0.2) is 23.1 Å². The first-order valence-electron chi connectivity index (χ1n) is 6.45. The lowest BCUT2D eigenvalue weighted by Gasteiger charge is -2.22. The molecular formula is C14H20N2O2S. The molecule has 1 aromatic carbocycles. The topological polar surface area (TPSA) is 41.6 Å². The van der Waals surface area contributed by atoms with Crippen molar-refractivity contribution in [2.45, 2.75) is 30.7 Å². The molecule has 1 aliphatic heterocycles. The summed E-state index contributed by atoms with van der Waals surface area (Å²) < 4.78 is 5.33. The molecule has 1 saturated heterocycles. The Morgan fingerprint density at radius 2 is 2.32 bits per heavy atom. The molecule has 0 aliphatic carbocycles. The number of ether oxygens (including phenoxy) is 1. The minimum absolute atomic E-state index is 0.0415. The first-order valence-corrected chi connectivity index (χ1v) is 7.68. The van der Waals surface area contributed by atoms with Crippen molar-refractivity contribution in [2.24, 2.45) is 0 Å². The van der Waals surface area contributed by atoms with E-state index in [1.165, 1.54) is 0 Å². The van der Waals surface area contributed by atoms with Crippen molar-refractivity contribution in [1.82, 2.24) is 4.90 Å². The van der Waals surface area contributed by atoms with Crippen LogP contribution < -0.4 is 10.1 Å². The second-order valence-electron chi connectivity index (χ2n) is 4.68. The zero-order chi connectivity index (χ0) is 13.8. The van der Waals surface area contributed by atoms with Crippen LogP contribution in [0.2, 0.25) is 0 Å². The highest BCUT2D eigenvalue weighted by atomic mass is 32.2. The van der Waals surface area contributed by atoms with E-state index < -0.39 is 0 Å². The van der Waals surface area contributed by atoms with Crippen LogP contribution >= 0.6 is 11.8 Å². The Morgan fingerprint density at radius 1 is 1.53 bits per heavy atom. The number of thioether (sulfide) groups is 1. The number of nitrogens with zero attached hydrogens (tertiary/aromatic N) is 1. The van der Waals surface area contributed by atoms with E-state index in [9.17, 15) is 4.79 Å². The first-order chi connectivity index (χ1) is 9.15. The number of hydrogen-bond donors (Lipinski definition) is 1. The molecule has 1 aromatic rings. The van der Waals surface area contributed by atoms with Gasteiger partial charge in [-0.1, -0.05) is 0 Å². The van der Waals surface area contributed by atoms with Crippen LogP contribution in [0, 0.1) is 0 Å².